The van der Waals surface area contributed by atoms with Gasteiger partial charge >= 0.3 is 0 Å². The lowest BCUT2D eigenvalue weighted by Crippen LogP contribution is -2.21. The predicted molar refractivity (Wildman–Crippen MR) is 38.1 cm³/mol. The minimum atomic E-state index is 0.894. The molecular weight excluding hydrogens is 110 g/mol. The van der Waals surface area contributed by atoms with Gasteiger partial charge in [-0.25, -0.2) is 0 Å². The first kappa shape index (κ1) is 5.33. The van der Waals surface area contributed by atoms with Crippen molar-refractivity contribution >= 4 is 0 Å². The van der Waals surface area contributed by atoms with Gasteiger partial charge < -0.3 is 4.90 Å². The third-order valence-corrected chi connectivity index (χ3v) is 2.52. The molecule has 1 unspecified atom stereocenters. The van der Waals surface area contributed by atoms with Crippen LogP contribution in [-0.2, 0) is 0 Å². The number of rotatable bonds is 0. The number of fused-ring (bicyclic) bond motifs is 1. The van der Waals surface area contributed by atoms with Crippen molar-refractivity contribution in [3.05, 3.63) is 11.8 Å². The molecule has 2 rings (SSSR count). The second-order valence-corrected chi connectivity index (χ2v) is 3.07. The zero-order valence-corrected chi connectivity index (χ0v) is 5.93. The van der Waals surface area contributed by atoms with E-state index in [1.165, 1.54) is 31.5 Å². The van der Waals surface area contributed by atoms with Crippen molar-refractivity contribution in [2.75, 3.05) is 6.54 Å². The molecule has 0 aromatic carbocycles. The lowest BCUT2D eigenvalue weighted by atomic mass is 10.2. The van der Waals surface area contributed by atoms with Crippen LogP contribution in [-0.4, -0.2) is 17.5 Å². The van der Waals surface area contributed by atoms with Gasteiger partial charge in [-0.1, -0.05) is 6.08 Å². The Bertz CT molecular complexity index is 149. The van der Waals surface area contributed by atoms with E-state index in [9.17, 15) is 0 Å². The topological polar surface area (TPSA) is 3.24 Å². The van der Waals surface area contributed by atoms with Gasteiger partial charge in [-0.3, -0.25) is 0 Å². The van der Waals surface area contributed by atoms with Crippen molar-refractivity contribution in [3.63, 3.8) is 0 Å². The average molecular weight is 123 g/mol. The molecule has 0 amide bonds. The van der Waals surface area contributed by atoms with E-state index in [0.717, 1.165) is 6.04 Å². The molecule has 2 aliphatic heterocycles. The van der Waals surface area contributed by atoms with E-state index in [1.54, 1.807) is 0 Å². The van der Waals surface area contributed by atoms with Crippen molar-refractivity contribution in [3.8, 4) is 0 Å². The van der Waals surface area contributed by atoms with Crippen LogP contribution in [0.2, 0.25) is 0 Å². The Morgan fingerprint density at radius 1 is 1.67 bits per heavy atom. The summed E-state index contributed by atoms with van der Waals surface area (Å²) < 4.78 is 0. The number of hydrogen-bond donors (Lipinski definition) is 0. The zero-order chi connectivity index (χ0) is 6.27. The monoisotopic (exact) mass is 123 g/mol. The molecule has 0 bridgehead atoms. The van der Waals surface area contributed by atoms with Gasteiger partial charge in [-0.2, -0.15) is 0 Å². The molecule has 50 valence electrons. The van der Waals surface area contributed by atoms with Crippen LogP contribution >= 0.6 is 0 Å². The molecule has 2 heterocycles. The fourth-order valence-corrected chi connectivity index (χ4v) is 1.97. The van der Waals surface area contributed by atoms with Crippen molar-refractivity contribution in [2.45, 2.75) is 32.2 Å². The van der Waals surface area contributed by atoms with Crippen molar-refractivity contribution in [1.29, 1.82) is 0 Å². The first-order chi connectivity index (χ1) is 4.38. The van der Waals surface area contributed by atoms with Gasteiger partial charge in [0.15, 0.2) is 0 Å². The third kappa shape index (κ3) is 0.673. The van der Waals surface area contributed by atoms with Crippen LogP contribution in [0.3, 0.4) is 0 Å². The summed E-state index contributed by atoms with van der Waals surface area (Å²) in [5.41, 5.74) is 1.51. The van der Waals surface area contributed by atoms with Gasteiger partial charge in [0.25, 0.3) is 0 Å². The second-order valence-electron chi connectivity index (χ2n) is 3.07. The summed E-state index contributed by atoms with van der Waals surface area (Å²) >= 11 is 0. The van der Waals surface area contributed by atoms with E-state index >= 15 is 0 Å². The Labute approximate surface area is 56.4 Å². The maximum atomic E-state index is 2.54. The molecule has 9 heavy (non-hydrogen) atoms. The number of nitrogens with zero attached hydrogens (tertiary/aromatic N) is 1. The Morgan fingerprint density at radius 2 is 2.56 bits per heavy atom. The fraction of sp³-hybridized carbons (Fsp3) is 0.750. The summed E-state index contributed by atoms with van der Waals surface area (Å²) in [4.78, 5) is 2.54. The molecule has 0 saturated carbocycles. The molecule has 1 heteroatoms. The Hall–Kier alpha value is -0.460. The quantitative estimate of drug-likeness (QED) is 0.474. The van der Waals surface area contributed by atoms with Gasteiger partial charge in [-0.05, 0) is 26.2 Å². The molecule has 0 spiro atoms. The van der Waals surface area contributed by atoms with Crippen LogP contribution in [0.15, 0.2) is 11.8 Å². The highest BCUT2D eigenvalue weighted by molar-refractivity contribution is 5.10. The van der Waals surface area contributed by atoms with Gasteiger partial charge in [0, 0.05) is 18.3 Å². The van der Waals surface area contributed by atoms with Crippen LogP contribution < -0.4 is 0 Å². The fourth-order valence-electron chi connectivity index (χ4n) is 1.97. The van der Waals surface area contributed by atoms with Crippen LogP contribution in [0.1, 0.15) is 26.2 Å². The van der Waals surface area contributed by atoms with Crippen molar-refractivity contribution < 1.29 is 0 Å². The van der Waals surface area contributed by atoms with Gasteiger partial charge in [-0.15, -0.1) is 0 Å². The molecule has 0 radical (unpaired) electrons. The number of allylic oxidation sites excluding steroid dienone is 1. The summed E-state index contributed by atoms with van der Waals surface area (Å²) in [6.07, 6.45) is 6.51. The van der Waals surface area contributed by atoms with Gasteiger partial charge in [0.05, 0.1) is 0 Å². The Kier molecular flexibility index (Phi) is 1.04. The smallest absolute Gasteiger partial charge is 0.0322 e. The SMILES string of the molecule is CC1=CCC2CCCN12. The van der Waals surface area contributed by atoms with E-state index in [2.05, 4.69) is 17.9 Å². The molecule has 1 atom stereocenters. The predicted octanol–water partition coefficient (Wildman–Crippen LogP) is 1.76. The minimum Gasteiger partial charge on any atom is -0.372 e. The third-order valence-electron chi connectivity index (χ3n) is 2.52. The maximum absolute atomic E-state index is 2.54. The standard InChI is InChI=1S/C8H13N/c1-7-4-5-8-3-2-6-9(7)8/h4,8H,2-3,5-6H2,1H3. The van der Waals surface area contributed by atoms with Crippen molar-refractivity contribution in [1.82, 2.24) is 4.90 Å². The summed E-state index contributed by atoms with van der Waals surface area (Å²) in [6.45, 7) is 3.54. The molecule has 1 fully saturated rings. The van der Waals surface area contributed by atoms with E-state index in [-0.39, 0.29) is 0 Å². The Balaban J connectivity index is 2.16. The van der Waals surface area contributed by atoms with E-state index in [4.69, 9.17) is 0 Å². The van der Waals surface area contributed by atoms with E-state index < -0.39 is 0 Å². The summed E-state index contributed by atoms with van der Waals surface area (Å²) in [5.74, 6) is 0. The highest BCUT2D eigenvalue weighted by atomic mass is 15.2. The van der Waals surface area contributed by atoms with Crippen LogP contribution in [0, 0.1) is 0 Å². The molecule has 0 aromatic rings. The molecule has 0 N–H and O–H groups in total. The van der Waals surface area contributed by atoms with E-state index in [1.807, 2.05) is 0 Å². The highest BCUT2D eigenvalue weighted by Crippen LogP contribution is 2.29. The van der Waals surface area contributed by atoms with Crippen LogP contribution in [0.5, 0.6) is 0 Å². The van der Waals surface area contributed by atoms with Crippen LogP contribution in [0.25, 0.3) is 0 Å². The van der Waals surface area contributed by atoms with Gasteiger partial charge in [0.1, 0.15) is 0 Å². The summed E-state index contributed by atoms with van der Waals surface area (Å²) in [6, 6.07) is 0.894. The van der Waals surface area contributed by atoms with E-state index in [0.29, 0.717) is 0 Å². The lowest BCUT2D eigenvalue weighted by molar-refractivity contribution is 0.353. The molecule has 1 nitrogen and oxygen atoms in total. The Morgan fingerprint density at radius 3 is 3.33 bits per heavy atom. The van der Waals surface area contributed by atoms with Crippen LogP contribution in [0.4, 0.5) is 0 Å². The second kappa shape index (κ2) is 1.76. The maximum Gasteiger partial charge on any atom is 0.0322 e. The molecule has 1 saturated heterocycles. The van der Waals surface area contributed by atoms with Gasteiger partial charge in [0.2, 0.25) is 0 Å². The normalized spacial score (nSPS) is 32.8. The summed E-state index contributed by atoms with van der Waals surface area (Å²) in [7, 11) is 0. The highest BCUT2D eigenvalue weighted by Gasteiger charge is 2.27. The lowest BCUT2D eigenvalue weighted by Gasteiger charge is -2.19. The number of hydrogen-bond acceptors (Lipinski definition) is 1. The van der Waals surface area contributed by atoms with Crippen molar-refractivity contribution in [2.24, 2.45) is 0 Å². The zero-order valence-electron chi connectivity index (χ0n) is 5.93. The molecule has 0 aliphatic carbocycles. The molecule has 0 aromatic heterocycles. The largest absolute Gasteiger partial charge is 0.372 e. The molecule has 2 aliphatic rings. The average Bonchev–Trinajstić information content (AvgIpc) is 2.35. The minimum absolute atomic E-state index is 0.894. The summed E-state index contributed by atoms with van der Waals surface area (Å²) in [5, 5.41) is 0. The first-order valence-electron chi connectivity index (χ1n) is 3.81. The first-order valence-corrected chi connectivity index (χ1v) is 3.81. The molecular formula is C8H13N.